The van der Waals surface area contributed by atoms with Crippen LogP contribution in [0.4, 0.5) is 10.1 Å². The first-order valence-corrected chi connectivity index (χ1v) is 9.94. The molecule has 2 amide bonds. The molecule has 0 bridgehead atoms. The van der Waals surface area contributed by atoms with Crippen molar-refractivity contribution in [2.24, 2.45) is 7.05 Å². The number of imidazole rings is 1. The van der Waals surface area contributed by atoms with Gasteiger partial charge in [-0.05, 0) is 47.9 Å². The Morgan fingerprint density at radius 3 is 2.63 bits per heavy atom. The number of fused-ring (bicyclic) bond motifs is 1. The van der Waals surface area contributed by atoms with Gasteiger partial charge in [-0.1, -0.05) is 19.1 Å². The zero-order valence-corrected chi connectivity index (χ0v) is 16.9. The van der Waals surface area contributed by atoms with Gasteiger partial charge in [0.2, 0.25) is 5.91 Å². The summed E-state index contributed by atoms with van der Waals surface area (Å²) in [7, 11) is 1.85. The molecule has 1 N–H and O–H groups in total. The van der Waals surface area contributed by atoms with Gasteiger partial charge in [-0.25, -0.2) is 9.37 Å². The Bertz CT molecular complexity index is 1090. The molecule has 4 rings (SSSR count). The number of amides is 2. The maximum atomic E-state index is 13.4. The van der Waals surface area contributed by atoms with E-state index >= 15 is 0 Å². The van der Waals surface area contributed by atoms with Crippen LogP contribution in [-0.2, 0) is 18.3 Å². The minimum Gasteiger partial charge on any atom is -0.338 e. The van der Waals surface area contributed by atoms with Gasteiger partial charge in [0.1, 0.15) is 17.7 Å². The first-order chi connectivity index (χ1) is 14.5. The third kappa shape index (κ3) is 3.70. The summed E-state index contributed by atoms with van der Waals surface area (Å²) in [6, 6.07) is 10.9. The minimum atomic E-state index is -0.524. The second-order valence-electron chi connectivity index (χ2n) is 7.35. The number of carbonyl (C=O) groups excluding carboxylic acids is 2. The molecule has 154 valence electrons. The molecular weight excluding hydrogens is 383 g/mol. The van der Waals surface area contributed by atoms with E-state index in [0.717, 1.165) is 23.2 Å². The van der Waals surface area contributed by atoms with Crippen molar-refractivity contribution in [2.75, 3.05) is 11.4 Å². The highest BCUT2D eigenvalue weighted by molar-refractivity contribution is 5.98. The van der Waals surface area contributed by atoms with Gasteiger partial charge in [0, 0.05) is 43.7 Å². The van der Waals surface area contributed by atoms with Crippen LogP contribution in [0.5, 0.6) is 0 Å². The third-order valence-corrected chi connectivity index (χ3v) is 5.44. The minimum absolute atomic E-state index is 0.0807. The molecule has 1 unspecified atom stereocenters. The van der Waals surface area contributed by atoms with Crippen LogP contribution in [-0.4, -0.2) is 27.9 Å². The lowest BCUT2D eigenvalue weighted by Crippen LogP contribution is -2.31. The predicted octanol–water partition coefficient (Wildman–Crippen LogP) is 3.38. The van der Waals surface area contributed by atoms with Crippen molar-refractivity contribution in [1.29, 1.82) is 0 Å². The molecule has 1 aliphatic rings. The maximum Gasteiger partial charge on any atom is 0.252 e. The molecule has 6 nitrogen and oxygen atoms in total. The van der Waals surface area contributed by atoms with E-state index in [1.807, 2.05) is 30.7 Å². The zero-order chi connectivity index (χ0) is 21.3. The second-order valence-corrected chi connectivity index (χ2v) is 7.35. The topological polar surface area (TPSA) is 67.2 Å². The van der Waals surface area contributed by atoms with E-state index in [0.29, 0.717) is 24.4 Å². The molecule has 0 saturated heterocycles. The first kappa shape index (κ1) is 19.8. The lowest BCUT2D eigenvalue weighted by atomic mass is 10.0. The van der Waals surface area contributed by atoms with Gasteiger partial charge in [-0.2, -0.15) is 0 Å². The lowest BCUT2D eigenvalue weighted by Gasteiger charge is -2.20. The molecule has 1 aliphatic heterocycles. The van der Waals surface area contributed by atoms with Gasteiger partial charge in [0.15, 0.2) is 0 Å². The number of nitrogens with one attached hydrogen (secondary N) is 1. The van der Waals surface area contributed by atoms with E-state index < -0.39 is 6.04 Å². The number of anilines is 1. The predicted molar refractivity (Wildman–Crippen MR) is 112 cm³/mol. The summed E-state index contributed by atoms with van der Waals surface area (Å²) in [6.07, 6.45) is 4.63. The summed E-state index contributed by atoms with van der Waals surface area (Å²) < 4.78 is 15.2. The Kier molecular flexibility index (Phi) is 5.35. The smallest absolute Gasteiger partial charge is 0.252 e. The van der Waals surface area contributed by atoms with E-state index in [1.54, 1.807) is 35.5 Å². The monoisotopic (exact) mass is 406 g/mol. The van der Waals surface area contributed by atoms with E-state index in [4.69, 9.17) is 0 Å². The van der Waals surface area contributed by atoms with Crippen molar-refractivity contribution in [3.8, 4) is 0 Å². The van der Waals surface area contributed by atoms with Crippen LogP contribution in [0, 0.1) is 5.82 Å². The van der Waals surface area contributed by atoms with Crippen molar-refractivity contribution >= 4 is 17.5 Å². The molecule has 0 fully saturated rings. The normalized spacial score (nSPS) is 13.8. The van der Waals surface area contributed by atoms with E-state index in [9.17, 15) is 14.0 Å². The highest BCUT2D eigenvalue weighted by atomic mass is 19.1. The van der Waals surface area contributed by atoms with Gasteiger partial charge < -0.3 is 14.8 Å². The molecule has 7 heteroatoms. The number of hydrogen-bond acceptors (Lipinski definition) is 3. The fraction of sp³-hybridized carbons (Fsp3) is 0.261. The van der Waals surface area contributed by atoms with Crippen LogP contribution >= 0.6 is 0 Å². The quantitative estimate of drug-likeness (QED) is 0.706. The summed E-state index contributed by atoms with van der Waals surface area (Å²) in [5, 5.41) is 3.02. The lowest BCUT2D eigenvalue weighted by molar-refractivity contribution is -0.118. The number of aromatic nitrogens is 2. The van der Waals surface area contributed by atoms with Gasteiger partial charge in [-0.15, -0.1) is 0 Å². The summed E-state index contributed by atoms with van der Waals surface area (Å²) in [6.45, 7) is 2.48. The van der Waals surface area contributed by atoms with Crippen molar-refractivity contribution in [2.45, 2.75) is 25.8 Å². The molecule has 2 heterocycles. The van der Waals surface area contributed by atoms with Crippen LogP contribution in [0.25, 0.3) is 0 Å². The highest BCUT2D eigenvalue weighted by Gasteiger charge is 2.26. The maximum absolute atomic E-state index is 13.4. The molecule has 1 aromatic heterocycles. The fourth-order valence-corrected chi connectivity index (χ4v) is 3.81. The molecule has 0 radical (unpaired) electrons. The first-order valence-electron chi connectivity index (χ1n) is 9.94. The Morgan fingerprint density at radius 1 is 1.20 bits per heavy atom. The molecular formula is C23H23FN4O2. The average Bonchev–Trinajstić information content (AvgIpc) is 3.37. The fourth-order valence-electron chi connectivity index (χ4n) is 3.81. The van der Waals surface area contributed by atoms with Gasteiger partial charge in [0.25, 0.3) is 5.91 Å². The largest absolute Gasteiger partial charge is 0.338 e. The van der Waals surface area contributed by atoms with Gasteiger partial charge >= 0.3 is 0 Å². The van der Waals surface area contributed by atoms with E-state index in [1.165, 1.54) is 12.1 Å². The Balaban J connectivity index is 1.61. The van der Waals surface area contributed by atoms with Gasteiger partial charge in [0.05, 0.1) is 0 Å². The Morgan fingerprint density at radius 2 is 1.97 bits per heavy atom. The van der Waals surface area contributed by atoms with Crippen LogP contribution in [0.3, 0.4) is 0 Å². The molecule has 2 aromatic carbocycles. The number of rotatable bonds is 5. The van der Waals surface area contributed by atoms with E-state index in [2.05, 4.69) is 10.3 Å². The summed E-state index contributed by atoms with van der Waals surface area (Å²) in [5.41, 5.74) is 3.11. The number of nitrogens with zero attached hydrogens (tertiary/aromatic N) is 3. The van der Waals surface area contributed by atoms with Crippen LogP contribution < -0.4 is 10.2 Å². The van der Waals surface area contributed by atoms with Gasteiger partial charge in [-0.3, -0.25) is 9.59 Å². The number of benzene rings is 2. The number of carbonyl (C=O) groups is 2. The number of aryl methyl sites for hydroxylation is 1. The SMILES string of the molecule is CCC(=O)N1CCc2cc(C(=O)NC(c3ccc(F)cc3)c3nccn3C)ccc21. The summed E-state index contributed by atoms with van der Waals surface area (Å²) in [5.74, 6) is 0.136. The molecule has 3 aromatic rings. The standard InChI is InChI=1S/C23H23FN4O2/c1-3-20(29)28-12-10-16-14-17(6-9-19(16)28)23(30)26-21(22-25-11-13-27(22)2)15-4-7-18(24)8-5-15/h4-9,11,13-14,21H,3,10,12H2,1-2H3,(H,26,30). The Labute approximate surface area is 174 Å². The van der Waals surface area contributed by atoms with E-state index in [-0.39, 0.29) is 17.6 Å². The summed E-state index contributed by atoms with van der Waals surface area (Å²) in [4.78, 5) is 31.3. The average molecular weight is 406 g/mol. The van der Waals surface area contributed by atoms with Crippen LogP contribution in [0.15, 0.2) is 54.9 Å². The third-order valence-electron chi connectivity index (χ3n) is 5.44. The molecule has 0 aliphatic carbocycles. The highest BCUT2D eigenvalue weighted by Crippen LogP contribution is 2.30. The van der Waals surface area contributed by atoms with Crippen molar-refractivity contribution < 1.29 is 14.0 Å². The van der Waals surface area contributed by atoms with Crippen molar-refractivity contribution in [3.63, 3.8) is 0 Å². The van der Waals surface area contributed by atoms with Crippen molar-refractivity contribution in [3.05, 3.63) is 83.2 Å². The zero-order valence-electron chi connectivity index (χ0n) is 16.9. The van der Waals surface area contributed by atoms with Crippen molar-refractivity contribution in [1.82, 2.24) is 14.9 Å². The number of halogens is 1. The van der Waals surface area contributed by atoms with Crippen LogP contribution in [0.1, 0.15) is 46.7 Å². The van der Waals surface area contributed by atoms with Crippen LogP contribution in [0.2, 0.25) is 0 Å². The molecule has 1 atom stereocenters. The summed E-state index contributed by atoms with van der Waals surface area (Å²) >= 11 is 0. The molecule has 30 heavy (non-hydrogen) atoms. The molecule has 0 spiro atoms. The number of hydrogen-bond donors (Lipinski definition) is 1. The Hall–Kier alpha value is -3.48. The molecule has 0 saturated carbocycles. The second kappa shape index (κ2) is 8.10.